The number of halogens is 1. The average Bonchev–Trinajstić information content (AvgIpc) is 2.90. The molecule has 0 spiro atoms. The monoisotopic (exact) mass is 338 g/mol. The number of nitrogens with zero attached hydrogens (tertiary/aromatic N) is 3. The standard InChI is InChI=1S/C14H19BrN4O/c1-4-11(16)14-12(5-2)19(18-17-14)9-6-7-13(20-3)10(15)8-9/h6-8,11H,4-5,16H2,1-3H3. The lowest BCUT2D eigenvalue weighted by Gasteiger charge is -2.10. The Hall–Kier alpha value is -1.40. The maximum Gasteiger partial charge on any atom is 0.133 e. The van der Waals surface area contributed by atoms with E-state index in [0.29, 0.717) is 0 Å². The first-order chi connectivity index (χ1) is 9.62. The molecule has 1 unspecified atom stereocenters. The van der Waals surface area contributed by atoms with Crippen molar-refractivity contribution in [3.05, 3.63) is 34.1 Å². The summed E-state index contributed by atoms with van der Waals surface area (Å²) < 4.78 is 7.97. The van der Waals surface area contributed by atoms with E-state index in [1.807, 2.05) is 29.8 Å². The molecule has 6 heteroatoms. The first-order valence-corrected chi connectivity index (χ1v) is 7.45. The fourth-order valence-corrected chi connectivity index (χ4v) is 2.65. The zero-order valence-electron chi connectivity index (χ0n) is 11.9. The van der Waals surface area contributed by atoms with E-state index in [4.69, 9.17) is 10.5 Å². The lowest BCUT2D eigenvalue weighted by atomic mass is 10.1. The van der Waals surface area contributed by atoms with Crippen molar-refractivity contribution in [3.8, 4) is 11.4 Å². The summed E-state index contributed by atoms with van der Waals surface area (Å²) >= 11 is 3.49. The summed E-state index contributed by atoms with van der Waals surface area (Å²) in [6.45, 7) is 4.13. The van der Waals surface area contributed by atoms with Crippen molar-refractivity contribution >= 4 is 15.9 Å². The Kier molecular flexibility index (Phi) is 4.77. The van der Waals surface area contributed by atoms with Gasteiger partial charge in [0, 0.05) is 0 Å². The molecule has 0 saturated heterocycles. The molecule has 108 valence electrons. The fraction of sp³-hybridized carbons (Fsp3) is 0.429. The quantitative estimate of drug-likeness (QED) is 0.909. The average molecular weight is 339 g/mol. The van der Waals surface area contributed by atoms with Gasteiger partial charge < -0.3 is 10.5 Å². The number of hydrogen-bond donors (Lipinski definition) is 1. The molecule has 0 amide bonds. The molecule has 1 atom stereocenters. The van der Waals surface area contributed by atoms with Crippen LogP contribution in [0.15, 0.2) is 22.7 Å². The van der Waals surface area contributed by atoms with Gasteiger partial charge in [-0.2, -0.15) is 0 Å². The van der Waals surface area contributed by atoms with E-state index >= 15 is 0 Å². The van der Waals surface area contributed by atoms with Crippen LogP contribution < -0.4 is 10.5 Å². The van der Waals surface area contributed by atoms with Crippen LogP contribution in [-0.4, -0.2) is 22.1 Å². The van der Waals surface area contributed by atoms with Gasteiger partial charge in [0.25, 0.3) is 0 Å². The maximum atomic E-state index is 6.09. The van der Waals surface area contributed by atoms with Crippen LogP contribution in [0, 0.1) is 0 Å². The van der Waals surface area contributed by atoms with Crippen molar-refractivity contribution in [2.75, 3.05) is 7.11 Å². The van der Waals surface area contributed by atoms with Gasteiger partial charge in [-0.15, -0.1) is 5.10 Å². The highest BCUT2D eigenvalue weighted by Gasteiger charge is 2.17. The van der Waals surface area contributed by atoms with Gasteiger partial charge in [0.05, 0.1) is 29.0 Å². The summed E-state index contributed by atoms with van der Waals surface area (Å²) in [6, 6.07) is 5.76. The van der Waals surface area contributed by atoms with E-state index in [1.165, 1.54) is 0 Å². The van der Waals surface area contributed by atoms with Crippen LogP contribution in [0.5, 0.6) is 5.75 Å². The Morgan fingerprint density at radius 3 is 2.70 bits per heavy atom. The minimum Gasteiger partial charge on any atom is -0.496 e. The number of aromatic nitrogens is 3. The third-order valence-corrected chi connectivity index (χ3v) is 3.92. The molecule has 0 aliphatic heterocycles. The van der Waals surface area contributed by atoms with Gasteiger partial charge >= 0.3 is 0 Å². The van der Waals surface area contributed by atoms with Crippen LogP contribution in [0.4, 0.5) is 0 Å². The Morgan fingerprint density at radius 2 is 2.15 bits per heavy atom. The van der Waals surface area contributed by atoms with Gasteiger partial charge in [0.15, 0.2) is 0 Å². The van der Waals surface area contributed by atoms with Crippen molar-refractivity contribution < 1.29 is 4.74 Å². The summed E-state index contributed by atoms with van der Waals surface area (Å²) in [5, 5.41) is 8.50. The second-order valence-corrected chi connectivity index (χ2v) is 5.37. The van der Waals surface area contributed by atoms with E-state index in [0.717, 1.165) is 40.1 Å². The van der Waals surface area contributed by atoms with Crippen molar-refractivity contribution in [2.45, 2.75) is 32.7 Å². The molecule has 2 N–H and O–H groups in total. The predicted octanol–water partition coefficient (Wildman–Crippen LogP) is 3.01. The number of hydrogen-bond acceptors (Lipinski definition) is 4. The Morgan fingerprint density at radius 1 is 1.40 bits per heavy atom. The Bertz CT molecular complexity index is 597. The smallest absolute Gasteiger partial charge is 0.133 e. The first-order valence-electron chi connectivity index (χ1n) is 6.66. The first kappa shape index (κ1) is 15.0. The van der Waals surface area contributed by atoms with E-state index in [2.05, 4.69) is 33.2 Å². The molecule has 0 saturated carbocycles. The van der Waals surface area contributed by atoms with E-state index < -0.39 is 0 Å². The molecule has 2 rings (SSSR count). The van der Waals surface area contributed by atoms with Crippen LogP contribution in [0.3, 0.4) is 0 Å². The minimum atomic E-state index is -0.0691. The van der Waals surface area contributed by atoms with E-state index in [-0.39, 0.29) is 6.04 Å². The van der Waals surface area contributed by atoms with Crippen LogP contribution in [0.25, 0.3) is 5.69 Å². The largest absolute Gasteiger partial charge is 0.496 e. The lowest BCUT2D eigenvalue weighted by Crippen LogP contribution is -2.12. The summed E-state index contributed by atoms with van der Waals surface area (Å²) in [4.78, 5) is 0. The molecule has 2 aromatic rings. The van der Waals surface area contributed by atoms with Gasteiger partial charge in [-0.1, -0.05) is 19.1 Å². The molecule has 0 aliphatic carbocycles. The molecule has 5 nitrogen and oxygen atoms in total. The summed E-state index contributed by atoms with van der Waals surface area (Å²) in [5.74, 6) is 0.789. The fourth-order valence-electron chi connectivity index (χ4n) is 2.12. The van der Waals surface area contributed by atoms with E-state index in [1.54, 1.807) is 7.11 Å². The second kappa shape index (κ2) is 6.37. The molecule has 1 aromatic heterocycles. The van der Waals surface area contributed by atoms with Crippen molar-refractivity contribution in [1.82, 2.24) is 15.0 Å². The normalized spacial score (nSPS) is 12.4. The highest BCUT2D eigenvalue weighted by Crippen LogP contribution is 2.28. The van der Waals surface area contributed by atoms with Crippen LogP contribution in [0.2, 0.25) is 0 Å². The van der Waals surface area contributed by atoms with Gasteiger partial charge in [0.1, 0.15) is 11.4 Å². The van der Waals surface area contributed by atoms with Crippen molar-refractivity contribution in [3.63, 3.8) is 0 Å². The third-order valence-electron chi connectivity index (χ3n) is 3.30. The molecule has 0 aliphatic rings. The number of rotatable bonds is 5. The zero-order chi connectivity index (χ0) is 14.7. The number of methoxy groups -OCH3 is 1. The Balaban J connectivity index is 2.47. The van der Waals surface area contributed by atoms with Crippen molar-refractivity contribution in [1.29, 1.82) is 0 Å². The maximum absolute atomic E-state index is 6.09. The molecule has 0 radical (unpaired) electrons. The second-order valence-electron chi connectivity index (χ2n) is 4.52. The number of nitrogens with two attached hydrogens (primary N) is 1. The molecule has 0 fully saturated rings. The molecule has 0 bridgehead atoms. The topological polar surface area (TPSA) is 66.0 Å². The predicted molar refractivity (Wildman–Crippen MR) is 82.2 cm³/mol. The van der Waals surface area contributed by atoms with Crippen LogP contribution >= 0.6 is 15.9 Å². The van der Waals surface area contributed by atoms with Crippen LogP contribution in [-0.2, 0) is 6.42 Å². The van der Waals surface area contributed by atoms with Gasteiger partial charge in [-0.3, -0.25) is 0 Å². The van der Waals surface area contributed by atoms with Gasteiger partial charge in [-0.05, 0) is 47.0 Å². The van der Waals surface area contributed by atoms with Crippen molar-refractivity contribution in [2.24, 2.45) is 5.73 Å². The lowest BCUT2D eigenvalue weighted by molar-refractivity contribution is 0.412. The minimum absolute atomic E-state index is 0.0691. The van der Waals surface area contributed by atoms with Crippen LogP contribution in [0.1, 0.15) is 37.7 Å². The number of benzene rings is 1. The van der Waals surface area contributed by atoms with E-state index in [9.17, 15) is 0 Å². The third kappa shape index (κ3) is 2.71. The van der Waals surface area contributed by atoms with Gasteiger partial charge in [-0.25, -0.2) is 4.68 Å². The molecule has 1 heterocycles. The highest BCUT2D eigenvalue weighted by atomic mass is 79.9. The molecular weight excluding hydrogens is 320 g/mol. The SMILES string of the molecule is CCc1c(C(N)CC)nnn1-c1ccc(OC)c(Br)c1. The highest BCUT2D eigenvalue weighted by molar-refractivity contribution is 9.10. The summed E-state index contributed by atoms with van der Waals surface area (Å²) in [6.07, 6.45) is 1.68. The molecule has 1 aromatic carbocycles. The van der Waals surface area contributed by atoms with Gasteiger partial charge in [0.2, 0.25) is 0 Å². The molecule has 20 heavy (non-hydrogen) atoms. The summed E-state index contributed by atoms with van der Waals surface area (Å²) in [7, 11) is 1.64. The molecular formula is C14H19BrN4O. The zero-order valence-corrected chi connectivity index (χ0v) is 13.5. The summed E-state index contributed by atoms with van der Waals surface area (Å²) in [5.41, 5.74) is 8.96. The Labute approximate surface area is 127 Å². The number of ether oxygens (including phenoxy) is 1.